The average molecular weight is 476 g/mol. The average Bonchev–Trinajstić information content (AvgIpc) is 3.32. The van der Waals surface area contributed by atoms with Crippen molar-refractivity contribution in [3.05, 3.63) is 110 Å². The maximum absolute atomic E-state index is 13.6. The smallest absolute Gasteiger partial charge is 0.270 e. The van der Waals surface area contributed by atoms with Crippen LogP contribution >= 0.6 is 11.3 Å². The molecule has 1 aromatic heterocycles. The molecule has 174 valence electrons. The van der Waals surface area contributed by atoms with Gasteiger partial charge in [0, 0.05) is 35.7 Å². The van der Waals surface area contributed by atoms with Crippen LogP contribution in [-0.2, 0) is 11.2 Å². The first-order chi connectivity index (χ1) is 16.4. The van der Waals surface area contributed by atoms with Crippen LogP contribution in [0.1, 0.15) is 38.0 Å². The van der Waals surface area contributed by atoms with Crippen LogP contribution in [0.5, 0.6) is 0 Å². The van der Waals surface area contributed by atoms with Gasteiger partial charge < -0.3 is 9.80 Å². The largest absolute Gasteiger partial charge is 0.330 e. The van der Waals surface area contributed by atoms with Gasteiger partial charge in [-0.25, -0.2) is 0 Å². The summed E-state index contributed by atoms with van der Waals surface area (Å²) >= 11 is 1.70. The van der Waals surface area contributed by atoms with E-state index in [2.05, 4.69) is 18.0 Å². The van der Waals surface area contributed by atoms with E-state index in [1.54, 1.807) is 17.4 Å². The van der Waals surface area contributed by atoms with Crippen molar-refractivity contribution in [2.45, 2.75) is 19.4 Å². The second kappa shape index (κ2) is 10.0. The van der Waals surface area contributed by atoms with Crippen molar-refractivity contribution in [2.75, 3.05) is 19.6 Å². The predicted octanol–water partition coefficient (Wildman–Crippen LogP) is 4.77. The van der Waals surface area contributed by atoms with Gasteiger partial charge in [0.05, 0.1) is 11.0 Å². The molecule has 0 spiro atoms. The lowest BCUT2D eigenvalue weighted by Crippen LogP contribution is -2.46. The van der Waals surface area contributed by atoms with Gasteiger partial charge in [0.15, 0.2) is 0 Å². The maximum atomic E-state index is 13.6. The summed E-state index contributed by atoms with van der Waals surface area (Å²) in [5.41, 5.74) is 3.28. The monoisotopic (exact) mass is 475 g/mol. The molecule has 1 unspecified atom stereocenters. The fraction of sp³-hybridized carbons (Fsp3) is 0.231. The van der Waals surface area contributed by atoms with Gasteiger partial charge in [-0.15, -0.1) is 17.9 Å². The van der Waals surface area contributed by atoms with E-state index in [4.69, 9.17) is 0 Å². The Morgan fingerprint density at radius 1 is 1.24 bits per heavy atom. The number of carbonyl (C=O) groups excluding carboxylic acids is 2. The first-order valence-corrected chi connectivity index (χ1v) is 11.8. The Kier molecular flexibility index (Phi) is 6.88. The second-order valence-electron chi connectivity index (χ2n) is 8.23. The molecule has 3 aromatic rings. The van der Waals surface area contributed by atoms with Crippen molar-refractivity contribution in [1.29, 1.82) is 0 Å². The van der Waals surface area contributed by atoms with Crippen LogP contribution in [0.15, 0.2) is 72.6 Å². The Balaban J connectivity index is 1.61. The van der Waals surface area contributed by atoms with Crippen LogP contribution in [-0.4, -0.2) is 46.2 Å². The molecule has 1 aliphatic heterocycles. The number of nitrogens with zero attached hydrogens (tertiary/aromatic N) is 3. The van der Waals surface area contributed by atoms with E-state index < -0.39 is 10.8 Å². The minimum atomic E-state index is -0.544. The first-order valence-electron chi connectivity index (χ1n) is 11.0. The maximum Gasteiger partial charge on any atom is 0.270 e. The molecule has 4 rings (SSSR count). The molecule has 2 aromatic carbocycles. The number of nitro benzene ring substituents is 1. The third-order valence-corrected chi connectivity index (χ3v) is 6.94. The molecular formula is C26H25N3O4S. The summed E-state index contributed by atoms with van der Waals surface area (Å²) in [4.78, 5) is 41.8. The number of nitro groups is 1. The van der Waals surface area contributed by atoms with E-state index in [0.717, 1.165) is 23.1 Å². The highest BCUT2D eigenvalue weighted by atomic mass is 32.1. The molecule has 1 aliphatic rings. The zero-order valence-electron chi connectivity index (χ0n) is 18.8. The molecular weight excluding hydrogens is 450 g/mol. The number of thiophene rings is 1. The number of fused-ring (bicyclic) bond motifs is 1. The third kappa shape index (κ3) is 4.77. The molecule has 1 atom stereocenters. The molecule has 0 radical (unpaired) electrons. The van der Waals surface area contributed by atoms with E-state index in [9.17, 15) is 19.7 Å². The Morgan fingerprint density at radius 3 is 2.71 bits per heavy atom. The van der Waals surface area contributed by atoms with Gasteiger partial charge in [0.1, 0.15) is 6.54 Å². The quantitative estimate of drug-likeness (QED) is 0.280. The highest BCUT2D eigenvalue weighted by Crippen LogP contribution is 2.38. The van der Waals surface area contributed by atoms with Crippen molar-refractivity contribution in [2.24, 2.45) is 0 Å². The lowest BCUT2D eigenvalue weighted by Gasteiger charge is -2.37. The summed E-state index contributed by atoms with van der Waals surface area (Å²) < 4.78 is 0. The van der Waals surface area contributed by atoms with Gasteiger partial charge in [-0.05, 0) is 42.0 Å². The van der Waals surface area contributed by atoms with Crippen LogP contribution < -0.4 is 0 Å². The number of hydrogen-bond donors (Lipinski definition) is 0. The van der Waals surface area contributed by atoms with Gasteiger partial charge in [-0.3, -0.25) is 19.7 Å². The minimum absolute atomic E-state index is 0.143. The predicted molar refractivity (Wildman–Crippen MR) is 132 cm³/mol. The minimum Gasteiger partial charge on any atom is -0.330 e. The number of benzene rings is 2. The second-order valence-corrected chi connectivity index (χ2v) is 9.23. The van der Waals surface area contributed by atoms with Crippen LogP contribution in [0, 0.1) is 17.0 Å². The number of rotatable bonds is 7. The van der Waals surface area contributed by atoms with Crippen molar-refractivity contribution < 1.29 is 14.5 Å². The fourth-order valence-electron chi connectivity index (χ4n) is 4.26. The number of aryl methyl sites for hydroxylation is 1. The molecule has 2 heterocycles. The molecule has 8 heteroatoms. The van der Waals surface area contributed by atoms with Crippen LogP contribution in [0.3, 0.4) is 0 Å². The zero-order chi connectivity index (χ0) is 24.2. The van der Waals surface area contributed by atoms with Crippen LogP contribution in [0.4, 0.5) is 5.69 Å². The molecule has 0 N–H and O–H groups in total. The Hall–Kier alpha value is -3.78. The lowest BCUT2D eigenvalue weighted by atomic mass is 9.92. The summed E-state index contributed by atoms with van der Waals surface area (Å²) in [5.74, 6) is -0.625. The van der Waals surface area contributed by atoms with Crippen molar-refractivity contribution in [1.82, 2.24) is 9.80 Å². The summed E-state index contributed by atoms with van der Waals surface area (Å²) in [5, 5.41) is 13.2. The third-order valence-electron chi connectivity index (χ3n) is 5.95. The van der Waals surface area contributed by atoms with Gasteiger partial charge in [-0.2, -0.15) is 0 Å². The van der Waals surface area contributed by atoms with E-state index in [-0.39, 0.29) is 36.3 Å². The van der Waals surface area contributed by atoms with Gasteiger partial charge >= 0.3 is 0 Å². The lowest BCUT2D eigenvalue weighted by molar-refractivity contribution is -0.384. The van der Waals surface area contributed by atoms with E-state index >= 15 is 0 Å². The normalized spacial score (nSPS) is 14.9. The summed E-state index contributed by atoms with van der Waals surface area (Å²) in [6, 6.07) is 15.6. The molecule has 2 amide bonds. The highest BCUT2D eigenvalue weighted by Gasteiger charge is 2.34. The topological polar surface area (TPSA) is 83.8 Å². The van der Waals surface area contributed by atoms with E-state index in [1.165, 1.54) is 34.0 Å². The van der Waals surface area contributed by atoms with E-state index in [0.29, 0.717) is 6.54 Å². The number of carbonyl (C=O) groups is 2. The van der Waals surface area contributed by atoms with Gasteiger partial charge in [0.25, 0.3) is 11.6 Å². The summed E-state index contributed by atoms with van der Waals surface area (Å²) in [6.45, 7) is 6.30. The van der Waals surface area contributed by atoms with Gasteiger partial charge in [0.2, 0.25) is 5.91 Å². The Labute approximate surface area is 202 Å². The van der Waals surface area contributed by atoms with Gasteiger partial charge in [-0.1, -0.05) is 42.0 Å². The molecule has 34 heavy (non-hydrogen) atoms. The standard InChI is InChI=1S/C26H25N3O4S/c1-3-13-27(26(31)20-5-4-6-21(16-20)29(32)33)17-24(30)28-14-11-23-22(12-15-34-23)25(28)19-9-7-18(2)8-10-19/h3-10,12,15-16,25H,1,11,13-14,17H2,2H3. The SMILES string of the molecule is C=CCN(CC(=O)N1CCc2sccc2C1c1ccc(C)cc1)C(=O)c1cccc([N+](=O)[O-])c1. The molecule has 0 saturated carbocycles. The van der Waals surface area contributed by atoms with Crippen LogP contribution in [0.2, 0.25) is 0 Å². The molecule has 0 fully saturated rings. The molecule has 0 aliphatic carbocycles. The van der Waals surface area contributed by atoms with Crippen molar-refractivity contribution >= 4 is 28.8 Å². The number of amides is 2. The van der Waals surface area contributed by atoms with Crippen molar-refractivity contribution in [3.8, 4) is 0 Å². The summed E-state index contributed by atoms with van der Waals surface area (Å²) in [7, 11) is 0. The zero-order valence-corrected chi connectivity index (χ0v) is 19.7. The first kappa shape index (κ1) is 23.4. The fourth-order valence-corrected chi connectivity index (χ4v) is 5.16. The van der Waals surface area contributed by atoms with Crippen molar-refractivity contribution in [3.63, 3.8) is 0 Å². The van der Waals surface area contributed by atoms with Crippen LogP contribution in [0.25, 0.3) is 0 Å². The summed E-state index contributed by atoms with van der Waals surface area (Å²) in [6.07, 6.45) is 2.31. The number of hydrogen-bond acceptors (Lipinski definition) is 5. The molecule has 7 nitrogen and oxygen atoms in total. The number of non-ortho nitro benzene ring substituents is 1. The molecule has 0 bridgehead atoms. The Morgan fingerprint density at radius 2 is 2.00 bits per heavy atom. The van der Waals surface area contributed by atoms with E-state index in [1.807, 2.05) is 36.1 Å². The highest BCUT2D eigenvalue weighted by molar-refractivity contribution is 7.10. The molecule has 0 saturated heterocycles. The Bertz CT molecular complexity index is 1230.